The van der Waals surface area contributed by atoms with E-state index in [2.05, 4.69) is 10.6 Å². The van der Waals surface area contributed by atoms with Crippen molar-refractivity contribution < 1.29 is 9.53 Å². The molecule has 2 aromatic rings. The first-order chi connectivity index (χ1) is 10.9. The van der Waals surface area contributed by atoms with E-state index in [4.69, 9.17) is 16.3 Å². The molecule has 0 radical (unpaired) electrons. The molecule has 0 aromatic heterocycles. The Bertz CT molecular complexity index is 706. The molecule has 0 atom stereocenters. The summed E-state index contributed by atoms with van der Waals surface area (Å²) in [4.78, 5) is 12.0. The van der Waals surface area contributed by atoms with Crippen LogP contribution < -0.4 is 15.4 Å². The van der Waals surface area contributed by atoms with Crippen molar-refractivity contribution in [3.8, 4) is 5.75 Å². The first kappa shape index (κ1) is 17.2. The van der Waals surface area contributed by atoms with Crippen molar-refractivity contribution in [2.45, 2.75) is 27.7 Å². The van der Waals surface area contributed by atoms with Crippen LogP contribution in [-0.2, 0) is 0 Å². The van der Waals surface area contributed by atoms with Crippen LogP contribution >= 0.6 is 11.6 Å². The largest absolute Gasteiger partial charge is 0.473 e. The summed E-state index contributed by atoms with van der Waals surface area (Å²) in [6, 6.07) is 9.23. The molecule has 0 spiro atoms. The number of hydrogen-bond donors (Lipinski definition) is 2. The Kier molecular flexibility index (Phi) is 5.50. The van der Waals surface area contributed by atoms with Crippen molar-refractivity contribution in [2.75, 3.05) is 12.0 Å². The average molecular weight is 333 g/mol. The Morgan fingerprint density at radius 1 is 1.04 bits per heavy atom. The molecule has 0 aliphatic heterocycles. The number of amides is 2. The summed E-state index contributed by atoms with van der Waals surface area (Å²) >= 11 is 6.17. The Hall–Kier alpha value is -2.20. The van der Waals surface area contributed by atoms with E-state index < -0.39 is 0 Å². The topological polar surface area (TPSA) is 50.4 Å². The molecule has 23 heavy (non-hydrogen) atoms. The first-order valence-electron chi connectivity index (χ1n) is 7.38. The Balaban J connectivity index is 1.89. The SMILES string of the molecule is Cc1cc(C)c(NC(=O)NCOc2ccc(C)c(C)c2)c(Cl)c1. The lowest BCUT2D eigenvalue weighted by Crippen LogP contribution is -2.32. The minimum absolute atomic E-state index is 0.0802. The molecular formula is C18H21ClN2O2. The molecule has 0 fully saturated rings. The predicted octanol–water partition coefficient (Wildman–Crippen LogP) is 4.73. The van der Waals surface area contributed by atoms with E-state index >= 15 is 0 Å². The van der Waals surface area contributed by atoms with E-state index in [0.29, 0.717) is 10.7 Å². The lowest BCUT2D eigenvalue weighted by Gasteiger charge is -2.13. The molecule has 0 unspecified atom stereocenters. The zero-order valence-electron chi connectivity index (χ0n) is 13.8. The van der Waals surface area contributed by atoms with Crippen molar-refractivity contribution in [3.63, 3.8) is 0 Å². The van der Waals surface area contributed by atoms with Crippen molar-refractivity contribution in [1.82, 2.24) is 5.32 Å². The van der Waals surface area contributed by atoms with Gasteiger partial charge >= 0.3 is 6.03 Å². The summed E-state index contributed by atoms with van der Waals surface area (Å²) in [7, 11) is 0. The van der Waals surface area contributed by atoms with Gasteiger partial charge in [0.15, 0.2) is 6.73 Å². The highest BCUT2D eigenvalue weighted by Gasteiger charge is 2.09. The number of benzene rings is 2. The molecule has 0 aliphatic carbocycles. The summed E-state index contributed by atoms with van der Waals surface area (Å²) in [5, 5.41) is 5.92. The summed E-state index contributed by atoms with van der Waals surface area (Å²) in [5.74, 6) is 0.720. The lowest BCUT2D eigenvalue weighted by molar-refractivity contribution is 0.234. The van der Waals surface area contributed by atoms with Crippen LogP contribution in [0.5, 0.6) is 5.75 Å². The van der Waals surface area contributed by atoms with E-state index in [0.717, 1.165) is 22.4 Å². The van der Waals surface area contributed by atoms with E-state index in [9.17, 15) is 4.79 Å². The van der Waals surface area contributed by atoms with Crippen LogP contribution in [0.3, 0.4) is 0 Å². The van der Waals surface area contributed by atoms with Crippen LogP contribution in [0, 0.1) is 27.7 Å². The third-order valence-electron chi connectivity index (χ3n) is 3.62. The number of aryl methyl sites for hydroxylation is 4. The molecule has 4 nitrogen and oxygen atoms in total. The molecule has 2 aromatic carbocycles. The maximum absolute atomic E-state index is 12.0. The quantitative estimate of drug-likeness (QED) is 0.795. The third-order valence-corrected chi connectivity index (χ3v) is 3.92. The summed E-state index contributed by atoms with van der Waals surface area (Å²) < 4.78 is 5.52. The van der Waals surface area contributed by atoms with Crippen molar-refractivity contribution >= 4 is 23.3 Å². The molecule has 0 saturated carbocycles. The number of anilines is 1. The molecular weight excluding hydrogens is 312 g/mol. The van der Waals surface area contributed by atoms with Gasteiger partial charge in [0, 0.05) is 0 Å². The van der Waals surface area contributed by atoms with Crippen LogP contribution in [0.2, 0.25) is 5.02 Å². The summed E-state index contributed by atoms with van der Waals surface area (Å²) in [6.07, 6.45) is 0. The molecule has 5 heteroatoms. The minimum Gasteiger partial charge on any atom is -0.473 e. The zero-order valence-corrected chi connectivity index (χ0v) is 14.5. The van der Waals surface area contributed by atoms with Crippen LogP contribution in [0.1, 0.15) is 22.3 Å². The number of nitrogens with one attached hydrogen (secondary N) is 2. The molecule has 2 N–H and O–H groups in total. The van der Waals surface area contributed by atoms with Gasteiger partial charge in [0.25, 0.3) is 0 Å². The van der Waals surface area contributed by atoms with Gasteiger partial charge in [-0.05, 0) is 68.1 Å². The second-order valence-corrected chi connectivity index (χ2v) is 6.01. The highest BCUT2D eigenvalue weighted by Crippen LogP contribution is 2.27. The van der Waals surface area contributed by atoms with Gasteiger partial charge in [-0.15, -0.1) is 0 Å². The molecule has 0 saturated heterocycles. The van der Waals surface area contributed by atoms with Gasteiger partial charge in [-0.3, -0.25) is 0 Å². The Morgan fingerprint density at radius 2 is 1.78 bits per heavy atom. The number of ether oxygens (including phenoxy) is 1. The normalized spacial score (nSPS) is 10.3. The fourth-order valence-electron chi connectivity index (χ4n) is 2.22. The van der Waals surface area contributed by atoms with Gasteiger partial charge in [-0.25, -0.2) is 4.79 Å². The highest BCUT2D eigenvalue weighted by atomic mass is 35.5. The van der Waals surface area contributed by atoms with Gasteiger partial charge in [-0.1, -0.05) is 23.7 Å². The van der Waals surface area contributed by atoms with Gasteiger partial charge in [0.2, 0.25) is 0 Å². The molecule has 2 amide bonds. The zero-order chi connectivity index (χ0) is 17.0. The van der Waals surface area contributed by atoms with E-state index in [1.54, 1.807) is 0 Å². The molecule has 0 aliphatic rings. The van der Waals surface area contributed by atoms with Crippen molar-refractivity contribution in [2.24, 2.45) is 0 Å². The van der Waals surface area contributed by atoms with Crippen LogP contribution in [0.25, 0.3) is 0 Å². The van der Waals surface area contributed by atoms with Crippen molar-refractivity contribution in [1.29, 1.82) is 0 Å². The number of rotatable bonds is 4. The maximum atomic E-state index is 12.0. The second-order valence-electron chi connectivity index (χ2n) is 5.60. The second kappa shape index (κ2) is 7.38. The number of carbonyl (C=O) groups excluding carboxylic acids is 1. The molecule has 0 bridgehead atoms. The van der Waals surface area contributed by atoms with E-state index in [-0.39, 0.29) is 12.8 Å². The van der Waals surface area contributed by atoms with Crippen molar-refractivity contribution in [3.05, 3.63) is 57.6 Å². The maximum Gasteiger partial charge on any atom is 0.321 e. The van der Waals surface area contributed by atoms with Crippen LogP contribution in [0.15, 0.2) is 30.3 Å². The third kappa shape index (κ3) is 4.63. The van der Waals surface area contributed by atoms with E-state index in [1.807, 2.05) is 58.0 Å². The molecule has 122 valence electrons. The monoisotopic (exact) mass is 332 g/mol. The Morgan fingerprint density at radius 3 is 2.43 bits per heavy atom. The smallest absolute Gasteiger partial charge is 0.321 e. The number of halogens is 1. The van der Waals surface area contributed by atoms with Crippen LogP contribution in [-0.4, -0.2) is 12.8 Å². The Labute approximate surface area is 141 Å². The molecule has 0 heterocycles. The lowest BCUT2D eigenvalue weighted by atomic mass is 10.1. The summed E-state index contributed by atoms with van der Waals surface area (Å²) in [5.41, 5.74) is 4.93. The standard InChI is InChI=1S/C18H21ClN2O2/c1-11-7-14(4)17(16(19)8-11)21-18(22)20-10-23-15-6-5-12(2)13(3)9-15/h5-9H,10H2,1-4H3,(H2,20,21,22). The fraction of sp³-hybridized carbons (Fsp3) is 0.278. The predicted molar refractivity (Wildman–Crippen MR) is 94.5 cm³/mol. The average Bonchev–Trinajstić information content (AvgIpc) is 2.46. The van der Waals surface area contributed by atoms with Gasteiger partial charge in [0.05, 0.1) is 10.7 Å². The van der Waals surface area contributed by atoms with Crippen LogP contribution in [0.4, 0.5) is 10.5 Å². The number of hydrogen-bond acceptors (Lipinski definition) is 2. The van der Waals surface area contributed by atoms with Gasteiger partial charge in [0.1, 0.15) is 5.75 Å². The fourth-order valence-corrected chi connectivity index (χ4v) is 2.59. The highest BCUT2D eigenvalue weighted by molar-refractivity contribution is 6.34. The number of urea groups is 1. The molecule has 2 rings (SSSR count). The van der Waals surface area contributed by atoms with E-state index in [1.165, 1.54) is 5.56 Å². The van der Waals surface area contributed by atoms with Gasteiger partial charge < -0.3 is 15.4 Å². The minimum atomic E-state index is -0.359. The summed E-state index contributed by atoms with van der Waals surface area (Å²) in [6.45, 7) is 8.00. The first-order valence-corrected chi connectivity index (χ1v) is 7.76. The number of carbonyl (C=O) groups is 1. The van der Waals surface area contributed by atoms with Gasteiger partial charge in [-0.2, -0.15) is 0 Å².